The largest absolute Gasteiger partial charge is 0.389 e. The Balaban J connectivity index is 4.14. The summed E-state index contributed by atoms with van der Waals surface area (Å²) in [6, 6.07) is 0. The van der Waals surface area contributed by atoms with Gasteiger partial charge in [-0.05, 0) is 6.42 Å². The lowest BCUT2D eigenvalue weighted by atomic mass is 10.0. The van der Waals surface area contributed by atoms with Gasteiger partial charge in [-0.15, -0.1) is 0 Å². The molecule has 0 aromatic rings. The second kappa shape index (κ2) is 8.50. The fourth-order valence-corrected chi connectivity index (χ4v) is 1.65. The number of ether oxygens (including phenoxy) is 1. The monoisotopic (exact) mass is 232 g/mol. The Morgan fingerprint density at radius 3 is 2.62 bits per heavy atom. The number of nitrogens with two attached hydrogens (primary N) is 1. The highest BCUT2D eigenvalue weighted by molar-refractivity contribution is 5.78. The summed E-state index contributed by atoms with van der Waals surface area (Å²) in [5, 5.41) is 9.50. The molecule has 0 saturated carbocycles. The summed E-state index contributed by atoms with van der Waals surface area (Å²) in [5.41, 5.74) is 5.55. The minimum Gasteiger partial charge on any atom is -0.389 e. The number of carbonyl (C=O) groups excluding carboxylic acids is 1. The molecule has 3 N–H and O–H groups in total. The van der Waals surface area contributed by atoms with Crippen LogP contribution in [0.15, 0.2) is 0 Å². The molecule has 0 saturated heterocycles. The van der Waals surface area contributed by atoms with Gasteiger partial charge in [0.2, 0.25) is 5.91 Å². The molecule has 0 bridgehead atoms. The third-order valence-corrected chi connectivity index (χ3v) is 2.49. The van der Waals surface area contributed by atoms with Crippen molar-refractivity contribution in [1.82, 2.24) is 4.90 Å². The molecule has 16 heavy (non-hydrogen) atoms. The van der Waals surface area contributed by atoms with Gasteiger partial charge in [0, 0.05) is 27.2 Å². The van der Waals surface area contributed by atoms with Gasteiger partial charge >= 0.3 is 0 Å². The van der Waals surface area contributed by atoms with Crippen molar-refractivity contribution >= 4 is 5.91 Å². The van der Waals surface area contributed by atoms with Gasteiger partial charge < -0.3 is 20.5 Å². The third-order valence-electron chi connectivity index (χ3n) is 2.49. The molecular weight excluding hydrogens is 208 g/mol. The van der Waals surface area contributed by atoms with Crippen LogP contribution < -0.4 is 5.73 Å². The molecule has 0 aliphatic carbocycles. The van der Waals surface area contributed by atoms with Gasteiger partial charge in [0.05, 0.1) is 18.6 Å². The minimum absolute atomic E-state index is 0.000460. The fraction of sp³-hybridized carbons (Fsp3) is 0.909. The van der Waals surface area contributed by atoms with E-state index in [1.54, 1.807) is 7.05 Å². The smallest absolute Gasteiger partial charge is 0.226 e. The van der Waals surface area contributed by atoms with E-state index in [1.807, 2.05) is 6.92 Å². The van der Waals surface area contributed by atoms with Crippen LogP contribution in [0.2, 0.25) is 0 Å². The normalized spacial score (nSPS) is 14.6. The Morgan fingerprint density at radius 2 is 2.19 bits per heavy atom. The predicted octanol–water partition coefficient (Wildman–Crippen LogP) is -0.173. The number of nitrogens with zero attached hydrogens (tertiary/aromatic N) is 1. The fourth-order valence-electron chi connectivity index (χ4n) is 1.65. The molecule has 96 valence electrons. The first-order valence-corrected chi connectivity index (χ1v) is 5.68. The average molecular weight is 232 g/mol. The van der Waals surface area contributed by atoms with Crippen LogP contribution in [-0.2, 0) is 9.53 Å². The number of aliphatic hydroxyl groups excluding tert-OH is 1. The molecule has 5 nitrogen and oxygen atoms in total. The second-order valence-corrected chi connectivity index (χ2v) is 4.05. The molecule has 2 atom stereocenters. The molecule has 5 heteroatoms. The van der Waals surface area contributed by atoms with Crippen LogP contribution in [0.4, 0.5) is 0 Å². The summed E-state index contributed by atoms with van der Waals surface area (Å²) in [6.45, 7) is 2.90. The van der Waals surface area contributed by atoms with Crippen molar-refractivity contribution in [3.8, 4) is 0 Å². The topological polar surface area (TPSA) is 75.8 Å². The van der Waals surface area contributed by atoms with Crippen LogP contribution in [0.5, 0.6) is 0 Å². The molecule has 0 aromatic carbocycles. The standard InChI is InChI=1S/C11H24N2O3/c1-4-5-9(6-12)11(15)13(2)7-10(14)8-16-3/h9-10,14H,4-8,12H2,1-3H3. The van der Waals surface area contributed by atoms with Crippen molar-refractivity contribution < 1.29 is 14.6 Å². The van der Waals surface area contributed by atoms with Crippen LogP contribution in [0, 0.1) is 5.92 Å². The summed E-state index contributed by atoms with van der Waals surface area (Å²) in [5.74, 6) is -0.135. The maximum absolute atomic E-state index is 11.9. The van der Waals surface area contributed by atoms with Crippen molar-refractivity contribution in [2.24, 2.45) is 11.7 Å². The SMILES string of the molecule is CCCC(CN)C(=O)N(C)CC(O)COC. The Morgan fingerprint density at radius 1 is 1.56 bits per heavy atom. The summed E-state index contributed by atoms with van der Waals surface area (Å²) in [6.07, 6.45) is 1.08. The van der Waals surface area contributed by atoms with E-state index >= 15 is 0 Å². The first kappa shape index (κ1) is 15.3. The van der Waals surface area contributed by atoms with E-state index in [0.29, 0.717) is 6.54 Å². The molecule has 0 spiro atoms. The zero-order valence-electron chi connectivity index (χ0n) is 10.5. The van der Waals surface area contributed by atoms with Gasteiger partial charge in [-0.3, -0.25) is 4.79 Å². The van der Waals surface area contributed by atoms with Gasteiger partial charge in [-0.1, -0.05) is 13.3 Å². The van der Waals surface area contributed by atoms with Crippen molar-refractivity contribution in [2.75, 3.05) is 33.9 Å². The van der Waals surface area contributed by atoms with Gasteiger partial charge in [0.15, 0.2) is 0 Å². The predicted molar refractivity (Wildman–Crippen MR) is 63.0 cm³/mol. The van der Waals surface area contributed by atoms with Crippen LogP contribution >= 0.6 is 0 Å². The third kappa shape index (κ3) is 5.44. The summed E-state index contributed by atoms with van der Waals surface area (Å²) < 4.78 is 4.81. The maximum atomic E-state index is 11.9. The molecule has 0 aliphatic rings. The van der Waals surface area contributed by atoms with E-state index in [-0.39, 0.29) is 25.0 Å². The number of methoxy groups -OCH3 is 1. The number of hydrogen-bond donors (Lipinski definition) is 2. The Hall–Kier alpha value is -0.650. The number of aliphatic hydroxyl groups is 1. The lowest BCUT2D eigenvalue weighted by Crippen LogP contribution is -2.41. The summed E-state index contributed by atoms with van der Waals surface area (Å²) in [4.78, 5) is 13.4. The number of likely N-dealkylation sites (N-methyl/N-ethyl adjacent to an activating group) is 1. The molecular formula is C11H24N2O3. The first-order valence-electron chi connectivity index (χ1n) is 5.68. The van der Waals surface area contributed by atoms with Gasteiger partial charge in [0.1, 0.15) is 0 Å². The van der Waals surface area contributed by atoms with Crippen molar-refractivity contribution in [2.45, 2.75) is 25.9 Å². The number of amides is 1. The van der Waals surface area contributed by atoms with Crippen LogP contribution in [0.1, 0.15) is 19.8 Å². The van der Waals surface area contributed by atoms with Crippen LogP contribution in [0.25, 0.3) is 0 Å². The highest BCUT2D eigenvalue weighted by Crippen LogP contribution is 2.08. The Bertz CT molecular complexity index is 200. The van der Waals surface area contributed by atoms with Crippen molar-refractivity contribution in [1.29, 1.82) is 0 Å². The zero-order chi connectivity index (χ0) is 12.6. The van der Waals surface area contributed by atoms with E-state index in [2.05, 4.69) is 0 Å². The summed E-state index contributed by atoms with van der Waals surface area (Å²) in [7, 11) is 3.20. The summed E-state index contributed by atoms with van der Waals surface area (Å²) >= 11 is 0. The number of carbonyl (C=O) groups is 1. The highest BCUT2D eigenvalue weighted by Gasteiger charge is 2.21. The number of hydrogen-bond acceptors (Lipinski definition) is 4. The molecule has 0 heterocycles. The van der Waals surface area contributed by atoms with E-state index in [4.69, 9.17) is 10.5 Å². The first-order chi connectivity index (χ1) is 7.56. The van der Waals surface area contributed by atoms with Crippen LogP contribution in [0.3, 0.4) is 0 Å². The van der Waals surface area contributed by atoms with Gasteiger partial charge in [-0.25, -0.2) is 0 Å². The van der Waals surface area contributed by atoms with Gasteiger partial charge in [-0.2, -0.15) is 0 Å². The highest BCUT2D eigenvalue weighted by atomic mass is 16.5. The average Bonchev–Trinajstić information content (AvgIpc) is 2.25. The van der Waals surface area contributed by atoms with E-state index in [9.17, 15) is 9.90 Å². The lowest BCUT2D eigenvalue weighted by Gasteiger charge is -2.24. The van der Waals surface area contributed by atoms with Crippen molar-refractivity contribution in [3.63, 3.8) is 0 Å². The molecule has 2 unspecified atom stereocenters. The lowest BCUT2D eigenvalue weighted by molar-refractivity contribution is -0.135. The Kier molecular flexibility index (Phi) is 8.15. The van der Waals surface area contributed by atoms with Crippen molar-refractivity contribution in [3.05, 3.63) is 0 Å². The Labute approximate surface area is 97.6 Å². The minimum atomic E-state index is -0.640. The quantitative estimate of drug-likeness (QED) is 0.609. The number of rotatable bonds is 8. The zero-order valence-corrected chi connectivity index (χ0v) is 10.5. The van der Waals surface area contributed by atoms with E-state index < -0.39 is 6.10 Å². The molecule has 1 amide bonds. The molecule has 0 rings (SSSR count). The second-order valence-electron chi connectivity index (χ2n) is 4.05. The maximum Gasteiger partial charge on any atom is 0.226 e. The molecule has 0 radical (unpaired) electrons. The van der Waals surface area contributed by atoms with Crippen LogP contribution in [-0.4, -0.2) is 55.9 Å². The van der Waals surface area contributed by atoms with Gasteiger partial charge in [0.25, 0.3) is 0 Å². The molecule has 0 aliphatic heterocycles. The van der Waals surface area contributed by atoms with E-state index in [0.717, 1.165) is 12.8 Å². The van der Waals surface area contributed by atoms with E-state index in [1.165, 1.54) is 12.0 Å². The molecule has 0 fully saturated rings. The molecule has 0 aromatic heterocycles.